The number of rotatable bonds is 7. The quantitative estimate of drug-likeness (QED) is 0.450. The van der Waals surface area contributed by atoms with Gasteiger partial charge in [0.2, 0.25) is 0 Å². The zero-order valence-electron chi connectivity index (χ0n) is 14.2. The van der Waals surface area contributed by atoms with Crippen LogP contribution in [-0.4, -0.2) is 29.5 Å². The average molecular weight is 369 g/mol. The van der Waals surface area contributed by atoms with E-state index < -0.39 is 29.5 Å². The first-order valence-corrected chi connectivity index (χ1v) is 7.77. The van der Waals surface area contributed by atoms with Crippen molar-refractivity contribution in [3.8, 4) is 11.8 Å². The standard InChI is InChI=1S/C18H15N3O6/c1-12(18(23)20-14-8-6-13(10-19)7-9-14)27-17(22)11-26-16-5-3-2-4-15(16)21(24)25/h2-9,12H,11H2,1H3,(H,20,23)/t12-/m0/s1. The van der Waals surface area contributed by atoms with Crippen molar-refractivity contribution in [3.05, 3.63) is 64.2 Å². The van der Waals surface area contributed by atoms with Gasteiger partial charge in [-0.1, -0.05) is 12.1 Å². The molecule has 0 radical (unpaired) electrons. The molecule has 0 saturated carbocycles. The van der Waals surface area contributed by atoms with Crippen LogP contribution in [0, 0.1) is 21.4 Å². The van der Waals surface area contributed by atoms with E-state index in [-0.39, 0.29) is 11.4 Å². The van der Waals surface area contributed by atoms with Crippen molar-refractivity contribution in [1.82, 2.24) is 0 Å². The van der Waals surface area contributed by atoms with E-state index in [4.69, 9.17) is 14.7 Å². The number of nitro benzene ring substituents is 1. The molecule has 0 bridgehead atoms. The minimum atomic E-state index is -1.11. The Morgan fingerprint density at radius 3 is 2.52 bits per heavy atom. The smallest absolute Gasteiger partial charge is 0.344 e. The first kappa shape index (κ1) is 19.4. The van der Waals surface area contributed by atoms with E-state index >= 15 is 0 Å². The van der Waals surface area contributed by atoms with E-state index in [1.807, 2.05) is 6.07 Å². The highest BCUT2D eigenvalue weighted by atomic mass is 16.6. The summed E-state index contributed by atoms with van der Waals surface area (Å²) in [6.07, 6.45) is -1.11. The number of anilines is 1. The molecule has 138 valence electrons. The summed E-state index contributed by atoms with van der Waals surface area (Å²) in [6.45, 7) is 0.793. The summed E-state index contributed by atoms with van der Waals surface area (Å²) in [5.74, 6) is -1.50. The van der Waals surface area contributed by atoms with Crippen LogP contribution in [0.3, 0.4) is 0 Å². The van der Waals surface area contributed by atoms with Crippen LogP contribution in [-0.2, 0) is 14.3 Å². The molecule has 2 aromatic rings. The van der Waals surface area contributed by atoms with Gasteiger partial charge in [0.1, 0.15) is 0 Å². The van der Waals surface area contributed by atoms with Crippen molar-refractivity contribution >= 4 is 23.3 Å². The number of ether oxygens (including phenoxy) is 2. The van der Waals surface area contributed by atoms with Gasteiger partial charge in [-0.2, -0.15) is 5.26 Å². The molecule has 2 aromatic carbocycles. The predicted octanol–water partition coefficient (Wildman–Crippen LogP) is 2.42. The van der Waals surface area contributed by atoms with E-state index in [0.29, 0.717) is 11.3 Å². The number of benzene rings is 2. The number of hydrogen-bond acceptors (Lipinski definition) is 7. The number of nitriles is 1. The Labute approximate surface area is 154 Å². The molecule has 9 heteroatoms. The number of nitrogens with zero attached hydrogens (tertiary/aromatic N) is 2. The molecule has 0 aliphatic rings. The molecule has 0 saturated heterocycles. The number of nitrogens with one attached hydrogen (secondary N) is 1. The lowest BCUT2D eigenvalue weighted by Gasteiger charge is -2.14. The molecule has 0 unspecified atom stereocenters. The average Bonchev–Trinajstić information content (AvgIpc) is 2.67. The van der Waals surface area contributed by atoms with Crippen LogP contribution in [0.5, 0.6) is 5.75 Å². The largest absolute Gasteiger partial charge is 0.475 e. The van der Waals surface area contributed by atoms with Gasteiger partial charge in [-0.15, -0.1) is 0 Å². The Kier molecular flexibility index (Phi) is 6.44. The van der Waals surface area contributed by atoms with Gasteiger partial charge in [0.25, 0.3) is 5.91 Å². The molecule has 27 heavy (non-hydrogen) atoms. The van der Waals surface area contributed by atoms with E-state index in [0.717, 1.165) is 0 Å². The van der Waals surface area contributed by atoms with Crippen molar-refractivity contribution in [1.29, 1.82) is 5.26 Å². The SMILES string of the molecule is C[C@H](OC(=O)COc1ccccc1[N+](=O)[O-])C(=O)Nc1ccc(C#N)cc1. The lowest BCUT2D eigenvalue weighted by atomic mass is 10.2. The molecule has 1 N–H and O–H groups in total. The van der Waals surface area contributed by atoms with Crippen molar-refractivity contribution in [3.63, 3.8) is 0 Å². The molecule has 1 amide bonds. The van der Waals surface area contributed by atoms with Crippen LogP contribution >= 0.6 is 0 Å². The first-order chi connectivity index (χ1) is 12.9. The van der Waals surface area contributed by atoms with Gasteiger partial charge in [0.05, 0.1) is 16.6 Å². The fourth-order valence-electron chi connectivity index (χ4n) is 2.02. The van der Waals surface area contributed by atoms with Gasteiger partial charge in [-0.25, -0.2) is 4.79 Å². The number of esters is 1. The molecular formula is C18H15N3O6. The number of amides is 1. The van der Waals surface area contributed by atoms with Crippen LogP contribution < -0.4 is 10.1 Å². The van der Waals surface area contributed by atoms with E-state index in [2.05, 4.69) is 5.32 Å². The Bertz CT molecular complexity index is 889. The predicted molar refractivity (Wildman–Crippen MR) is 93.9 cm³/mol. The third-order valence-corrected chi connectivity index (χ3v) is 3.37. The van der Waals surface area contributed by atoms with Crippen LogP contribution in [0.2, 0.25) is 0 Å². The molecule has 9 nitrogen and oxygen atoms in total. The number of hydrogen-bond donors (Lipinski definition) is 1. The van der Waals surface area contributed by atoms with E-state index in [1.165, 1.54) is 43.3 Å². The Balaban J connectivity index is 1.86. The zero-order valence-corrected chi connectivity index (χ0v) is 14.2. The van der Waals surface area contributed by atoms with Gasteiger partial charge in [-0.3, -0.25) is 14.9 Å². The fraction of sp³-hybridized carbons (Fsp3) is 0.167. The Hall–Kier alpha value is -3.93. The van der Waals surface area contributed by atoms with Crippen molar-refractivity contribution in [2.24, 2.45) is 0 Å². The third kappa shape index (κ3) is 5.54. The van der Waals surface area contributed by atoms with Crippen LogP contribution in [0.4, 0.5) is 11.4 Å². The third-order valence-electron chi connectivity index (χ3n) is 3.37. The summed E-state index contributed by atoms with van der Waals surface area (Å²) in [4.78, 5) is 34.1. The van der Waals surface area contributed by atoms with Gasteiger partial charge >= 0.3 is 11.7 Å². The summed E-state index contributed by atoms with van der Waals surface area (Å²) < 4.78 is 10.1. The molecule has 0 heterocycles. The molecule has 0 spiro atoms. The second kappa shape index (κ2) is 8.96. The number of nitro groups is 1. The minimum absolute atomic E-state index is 0.0749. The van der Waals surface area contributed by atoms with Gasteiger partial charge in [0.15, 0.2) is 18.5 Å². The highest BCUT2D eigenvalue weighted by molar-refractivity contribution is 5.95. The summed E-state index contributed by atoms with van der Waals surface area (Å²) in [7, 11) is 0. The van der Waals surface area contributed by atoms with Gasteiger partial charge < -0.3 is 14.8 Å². The molecule has 0 aromatic heterocycles. The highest BCUT2D eigenvalue weighted by Gasteiger charge is 2.20. The van der Waals surface area contributed by atoms with Crippen molar-refractivity contribution in [2.75, 3.05) is 11.9 Å². The zero-order chi connectivity index (χ0) is 19.8. The summed E-state index contributed by atoms with van der Waals surface area (Å²) >= 11 is 0. The molecule has 0 fully saturated rings. The second-order valence-electron chi connectivity index (χ2n) is 5.32. The maximum atomic E-state index is 12.0. The maximum absolute atomic E-state index is 12.0. The number of carbonyl (C=O) groups is 2. The van der Waals surface area contributed by atoms with Crippen molar-refractivity contribution in [2.45, 2.75) is 13.0 Å². The normalized spacial score (nSPS) is 11.0. The Morgan fingerprint density at radius 1 is 1.22 bits per heavy atom. The van der Waals surface area contributed by atoms with Crippen molar-refractivity contribution < 1.29 is 24.0 Å². The summed E-state index contributed by atoms with van der Waals surface area (Å²) in [6, 6.07) is 13.7. The lowest BCUT2D eigenvalue weighted by Crippen LogP contribution is -2.31. The molecular weight excluding hydrogens is 354 g/mol. The fourth-order valence-corrected chi connectivity index (χ4v) is 2.02. The molecule has 0 aliphatic carbocycles. The minimum Gasteiger partial charge on any atom is -0.475 e. The molecule has 2 rings (SSSR count). The maximum Gasteiger partial charge on any atom is 0.344 e. The molecule has 0 aliphatic heterocycles. The second-order valence-corrected chi connectivity index (χ2v) is 5.32. The lowest BCUT2D eigenvalue weighted by molar-refractivity contribution is -0.385. The van der Waals surface area contributed by atoms with Gasteiger partial charge in [0, 0.05) is 11.8 Å². The number of carbonyl (C=O) groups excluding carboxylic acids is 2. The summed E-state index contributed by atoms with van der Waals surface area (Å²) in [5, 5.41) is 22.2. The monoisotopic (exact) mass is 369 g/mol. The van der Waals surface area contributed by atoms with E-state index in [1.54, 1.807) is 12.1 Å². The highest BCUT2D eigenvalue weighted by Crippen LogP contribution is 2.25. The summed E-state index contributed by atoms with van der Waals surface area (Å²) in [5.41, 5.74) is 0.606. The van der Waals surface area contributed by atoms with Crippen LogP contribution in [0.25, 0.3) is 0 Å². The van der Waals surface area contributed by atoms with Crippen LogP contribution in [0.15, 0.2) is 48.5 Å². The number of para-hydroxylation sites is 2. The Morgan fingerprint density at radius 2 is 1.89 bits per heavy atom. The topological polar surface area (TPSA) is 132 Å². The van der Waals surface area contributed by atoms with Gasteiger partial charge in [-0.05, 0) is 37.3 Å². The molecule has 1 atom stereocenters. The van der Waals surface area contributed by atoms with Crippen LogP contribution in [0.1, 0.15) is 12.5 Å². The van der Waals surface area contributed by atoms with E-state index in [9.17, 15) is 19.7 Å². The first-order valence-electron chi connectivity index (χ1n) is 7.77.